The average Bonchev–Trinajstić information content (AvgIpc) is 2.76. The fraction of sp³-hybridized carbons (Fsp3) is 0.0625. The maximum Gasteiger partial charge on any atom is 0.213 e. The molecule has 0 bridgehead atoms. The van der Waals surface area contributed by atoms with E-state index in [1.807, 2.05) is 55.5 Å². The molecule has 0 aliphatic heterocycles. The zero-order valence-electron chi connectivity index (χ0n) is 11.0. The summed E-state index contributed by atoms with van der Waals surface area (Å²) >= 11 is 3.51. The van der Waals surface area contributed by atoms with Gasteiger partial charge in [0.05, 0.1) is 5.69 Å². The molecule has 1 N–H and O–H groups in total. The topological polar surface area (TPSA) is 29.9 Å². The predicted octanol–water partition coefficient (Wildman–Crippen LogP) is 4.69. The summed E-state index contributed by atoms with van der Waals surface area (Å²) < 4.78 is 2.94. The number of hydrogen-bond acceptors (Lipinski definition) is 2. The molecule has 3 aromatic rings. The van der Waals surface area contributed by atoms with E-state index >= 15 is 0 Å². The van der Waals surface area contributed by atoms with Crippen LogP contribution in [0.1, 0.15) is 5.69 Å². The second-order valence-electron chi connectivity index (χ2n) is 4.47. The Balaban J connectivity index is 2.06. The summed E-state index contributed by atoms with van der Waals surface area (Å²) in [6.07, 6.45) is 0. The Morgan fingerprint density at radius 2 is 1.55 bits per heavy atom. The van der Waals surface area contributed by atoms with Gasteiger partial charge in [-0.05, 0) is 47.1 Å². The Labute approximate surface area is 126 Å². The van der Waals surface area contributed by atoms with E-state index in [9.17, 15) is 0 Å². The lowest BCUT2D eigenvalue weighted by Gasteiger charge is -2.11. The van der Waals surface area contributed by atoms with Gasteiger partial charge in [-0.1, -0.05) is 36.4 Å². The van der Waals surface area contributed by atoms with Crippen molar-refractivity contribution in [2.75, 3.05) is 5.32 Å². The standard InChI is InChI=1S/C16H14BrN3/c1-12-15(17)19-16(18-13-8-4-2-5-9-13)20(12)14-10-6-3-7-11-14/h2-11H,1H3,(H,18,19). The third-order valence-electron chi connectivity index (χ3n) is 3.09. The molecule has 0 saturated carbocycles. The molecule has 20 heavy (non-hydrogen) atoms. The van der Waals surface area contributed by atoms with E-state index in [-0.39, 0.29) is 0 Å². The van der Waals surface area contributed by atoms with Crippen LogP contribution in [0.5, 0.6) is 0 Å². The monoisotopic (exact) mass is 327 g/mol. The van der Waals surface area contributed by atoms with Crippen LogP contribution in [-0.4, -0.2) is 9.55 Å². The van der Waals surface area contributed by atoms with Gasteiger partial charge in [-0.2, -0.15) is 0 Å². The number of halogens is 1. The Hall–Kier alpha value is -2.07. The highest BCUT2D eigenvalue weighted by molar-refractivity contribution is 9.10. The maximum absolute atomic E-state index is 4.55. The fourth-order valence-corrected chi connectivity index (χ4v) is 2.45. The van der Waals surface area contributed by atoms with Gasteiger partial charge in [-0.25, -0.2) is 4.98 Å². The molecule has 0 spiro atoms. The number of hydrogen-bond donors (Lipinski definition) is 1. The predicted molar refractivity (Wildman–Crippen MR) is 85.7 cm³/mol. The molecule has 3 rings (SSSR count). The average molecular weight is 328 g/mol. The summed E-state index contributed by atoms with van der Waals surface area (Å²) in [5, 5.41) is 3.35. The van der Waals surface area contributed by atoms with Gasteiger partial charge in [0.2, 0.25) is 5.95 Å². The molecule has 3 nitrogen and oxygen atoms in total. The van der Waals surface area contributed by atoms with Crippen molar-refractivity contribution >= 4 is 27.6 Å². The van der Waals surface area contributed by atoms with Crippen molar-refractivity contribution in [3.63, 3.8) is 0 Å². The van der Waals surface area contributed by atoms with Gasteiger partial charge < -0.3 is 5.32 Å². The highest BCUT2D eigenvalue weighted by Crippen LogP contribution is 2.27. The van der Waals surface area contributed by atoms with Gasteiger partial charge in [-0.3, -0.25) is 4.57 Å². The summed E-state index contributed by atoms with van der Waals surface area (Å²) in [4.78, 5) is 4.55. The summed E-state index contributed by atoms with van der Waals surface area (Å²) in [6, 6.07) is 20.2. The van der Waals surface area contributed by atoms with Crippen LogP contribution in [0, 0.1) is 6.92 Å². The summed E-state index contributed by atoms with van der Waals surface area (Å²) in [5.74, 6) is 0.798. The van der Waals surface area contributed by atoms with Crippen LogP contribution in [0.15, 0.2) is 65.3 Å². The zero-order valence-corrected chi connectivity index (χ0v) is 12.6. The Morgan fingerprint density at radius 3 is 2.20 bits per heavy atom. The molecule has 4 heteroatoms. The van der Waals surface area contributed by atoms with Gasteiger partial charge >= 0.3 is 0 Å². The second-order valence-corrected chi connectivity index (χ2v) is 5.22. The minimum absolute atomic E-state index is 0.798. The minimum Gasteiger partial charge on any atom is -0.325 e. The van der Waals surface area contributed by atoms with Crippen LogP contribution in [0.4, 0.5) is 11.6 Å². The Morgan fingerprint density at radius 1 is 0.950 bits per heavy atom. The first-order valence-electron chi connectivity index (χ1n) is 6.38. The molecule has 0 atom stereocenters. The zero-order chi connectivity index (χ0) is 13.9. The van der Waals surface area contributed by atoms with Crippen molar-refractivity contribution in [3.05, 3.63) is 71.0 Å². The lowest BCUT2D eigenvalue weighted by Crippen LogP contribution is -2.03. The van der Waals surface area contributed by atoms with Crippen LogP contribution in [0.3, 0.4) is 0 Å². The molecule has 100 valence electrons. The lowest BCUT2D eigenvalue weighted by molar-refractivity contribution is 1.01. The smallest absolute Gasteiger partial charge is 0.213 e. The van der Waals surface area contributed by atoms with Crippen molar-refractivity contribution in [1.29, 1.82) is 0 Å². The van der Waals surface area contributed by atoms with Crippen molar-refractivity contribution in [2.45, 2.75) is 6.92 Å². The first-order valence-corrected chi connectivity index (χ1v) is 7.17. The highest BCUT2D eigenvalue weighted by atomic mass is 79.9. The van der Waals surface area contributed by atoms with E-state index in [4.69, 9.17) is 0 Å². The number of para-hydroxylation sites is 2. The second kappa shape index (κ2) is 5.51. The number of anilines is 2. The molecule has 0 aliphatic carbocycles. The molecule has 0 fully saturated rings. The normalized spacial score (nSPS) is 10.5. The van der Waals surface area contributed by atoms with Crippen LogP contribution < -0.4 is 5.32 Å². The molecular formula is C16H14BrN3. The van der Waals surface area contributed by atoms with Crippen molar-refractivity contribution in [3.8, 4) is 5.69 Å². The lowest BCUT2D eigenvalue weighted by atomic mass is 10.3. The fourth-order valence-electron chi connectivity index (χ4n) is 2.10. The minimum atomic E-state index is 0.798. The number of imidazole rings is 1. The summed E-state index contributed by atoms with van der Waals surface area (Å²) in [5.41, 5.74) is 3.17. The van der Waals surface area contributed by atoms with E-state index in [2.05, 4.69) is 42.9 Å². The molecule has 0 aliphatic rings. The van der Waals surface area contributed by atoms with Gasteiger partial charge in [0.15, 0.2) is 0 Å². The Bertz CT molecular complexity index is 705. The molecular weight excluding hydrogens is 314 g/mol. The highest BCUT2D eigenvalue weighted by Gasteiger charge is 2.13. The van der Waals surface area contributed by atoms with Gasteiger partial charge in [0, 0.05) is 11.4 Å². The van der Waals surface area contributed by atoms with Crippen LogP contribution >= 0.6 is 15.9 Å². The van der Waals surface area contributed by atoms with Crippen LogP contribution in [0.25, 0.3) is 5.69 Å². The summed E-state index contributed by atoms with van der Waals surface area (Å²) in [6.45, 7) is 2.04. The quantitative estimate of drug-likeness (QED) is 0.756. The first-order chi connectivity index (χ1) is 9.75. The van der Waals surface area contributed by atoms with E-state index in [0.717, 1.165) is 27.6 Å². The van der Waals surface area contributed by atoms with Gasteiger partial charge in [0.25, 0.3) is 0 Å². The van der Waals surface area contributed by atoms with Gasteiger partial charge in [0.1, 0.15) is 4.60 Å². The number of aromatic nitrogens is 2. The molecule has 0 unspecified atom stereocenters. The van der Waals surface area contributed by atoms with Crippen LogP contribution in [0.2, 0.25) is 0 Å². The largest absolute Gasteiger partial charge is 0.325 e. The molecule has 1 aromatic heterocycles. The third kappa shape index (κ3) is 2.47. The molecule has 0 amide bonds. The third-order valence-corrected chi connectivity index (χ3v) is 3.85. The number of rotatable bonds is 3. The number of nitrogens with zero attached hydrogens (tertiary/aromatic N) is 2. The van der Waals surface area contributed by atoms with Crippen LogP contribution in [-0.2, 0) is 0 Å². The molecule has 1 heterocycles. The molecule has 0 radical (unpaired) electrons. The van der Waals surface area contributed by atoms with Crippen molar-refractivity contribution in [2.24, 2.45) is 0 Å². The first kappa shape index (κ1) is 12.9. The molecule has 2 aromatic carbocycles. The van der Waals surface area contributed by atoms with Gasteiger partial charge in [-0.15, -0.1) is 0 Å². The Kier molecular flexibility index (Phi) is 3.56. The number of benzene rings is 2. The maximum atomic E-state index is 4.55. The van der Waals surface area contributed by atoms with E-state index < -0.39 is 0 Å². The van der Waals surface area contributed by atoms with E-state index in [1.54, 1.807) is 0 Å². The molecule has 0 saturated heterocycles. The van der Waals surface area contributed by atoms with Crippen molar-refractivity contribution < 1.29 is 0 Å². The van der Waals surface area contributed by atoms with E-state index in [0.29, 0.717) is 0 Å². The van der Waals surface area contributed by atoms with Crippen molar-refractivity contribution in [1.82, 2.24) is 9.55 Å². The summed E-state index contributed by atoms with van der Waals surface area (Å²) in [7, 11) is 0. The van der Waals surface area contributed by atoms with E-state index in [1.165, 1.54) is 0 Å². The SMILES string of the molecule is Cc1c(Br)nc(Nc2ccccc2)n1-c1ccccc1. The number of nitrogens with one attached hydrogen (secondary N) is 1.